The zero-order valence-corrected chi connectivity index (χ0v) is 19.2. The number of hydrogen-bond donors (Lipinski definition) is 1. The quantitative estimate of drug-likeness (QED) is 0.458. The predicted molar refractivity (Wildman–Crippen MR) is 127 cm³/mol. The zero-order valence-electron chi connectivity index (χ0n) is 19.2. The normalized spacial score (nSPS) is 16.4. The van der Waals surface area contributed by atoms with Crippen molar-refractivity contribution in [3.63, 3.8) is 0 Å². The molecule has 1 atom stereocenters. The fraction of sp³-hybridized carbons (Fsp3) is 0.400. The van der Waals surface area contributed by atoms with Gasteiger partial charge < -0.3 is 19.5 Å². The van der Waals surface area contributed by atoms with Gasteiger partial charge in [-0.3, -0.25) is 0 Å². The molecule has 2 aromatic carbocycles. The lowest BCUT2D eigenvalue weighted by atomic mass is 9.99. The van der Waals surface area contributed by atoms with Gasteiger partial charge in [0.05, 0.1) is 20.2 Å². The van der Waals surface area contributed by atoms with E-state index in [9.17, 15) is 0 Å². The van der Waals surface area contributed by atoms with Gasteiger partial charge in [-0.05, 0) is 48.9 Å². The Hall–Kier alpha value is -3.35. The van der Waals surface area contributed by atoms with Crippen molar-refractivity contribution in [3.8, 4) is 5.75 Å². The van der Waals surface area contributed by atoms with Crippen molar-refractivity contribution in [3.05, 3.63) is 77.4 Å². The van der Waals surface area contributed by atoms with Gasteiger partial charge in [0, 0.05) is 20.1 Å². The summed E-state index contributed by atoms with van der Waals surface area (Å²) in [5.41, 5.74) is 2.55. The minimum Gasteiger partial charge on any atom is -0.497 e. The van der Waals surface area contributed by atoms with Crippen LogP contribution in [-0.2, 0) is 26.6 Å². The van der Waals surface area contributed by atoms with Gasteiger partial charge in [-0.1, -0.05) is 42.5 Å². The summed E-state index contributed by atoms with van der Waals surface area (Å²) in [7, 11) is 3.68. The van der Waals surface area contributed by atoms with E-state index in [1.54, 1.807) is 7.11 Å². The Balaban J connectivity index is 1.45. The molecule has 7 nitrogen and oxygen atoms in total. The highest BCUT2D eigenvalue weighted by Crippen LogP contribution is 2.21. The summed E-state index contributed by atoms with van der Waals surface area (Å²) in [6.45, 7) is 5.18. The van der Waals surface area contributed by atoms with Crippen LogP contribution in [0.15, 0.2) is 59.6 Å². The van der Waals surface area contributed by atoms with E-state index in [-0.39, 0.29) is 0 Å². The number of benzene rings is 2. The minimum absolute atomic E-state index is 0.596. The number of aliphatic imine (C=N–C) groups is 1. The smallest absolute Gasteiger partial charge is 0.194 e. The number of nitrogens with zero attached hydrogens (tertiary/aromatic N) is 5. The van der Waals surface area contributed by atoms with Crippen LogP contribution in [0.1, 0.15) is 29.2 Å². The monoisotopic (exact) mass is 432 g/mol. The molecule has 0 spiro atoms. The van der Waals surface area contributed by atoms with Crippen LogP contribution in [0.2, 0.25) is 0 Å². The standard InChI is InChI=1S/C25H32N6O/c1-19-28-29-24(30(19)2)17-27-25(26-16-21-9-11-23(32-3)12-10-21)31-14-13-22(18-31)15-20-7-5-4-6-8-20/h4-12,22H,13-18H2,1-3H3,(H,26,27). The fourth-order valence-electron chi connectivity index (χ4n) is 4.07. The minimum atomic E-state index is 0.596. The van der Waals surface area contributed by atoms with Crippen LogP contribution in [-0.4, -0.2) is 45.8 Å². The summed E-state index contributed by atoms with van der Waals surface area (Å²) < 4.78 is 7.28. The molecule has 1 N–H and O–H groups in total. The van der Waals surface area contributed by atoms with Crippen LogP contribution in [0.4, 0.5) is 0 Å². The van der Waals surface area contributed by atoms with Crippen molar-refractivity contribution in [1.29, 1.82) is 0 Å². The molecule has 1 fully saturated rings. The predicted octanol–water partition coefficient (Wildman–Crippen LogP) is 3.34. The first kappa shape index (κ1) is 21.9. The van der Waals surface area contributed by atoms with Crippen molar-refractivity contribution in [2.45, 2.75) is 32.9 Å². The van der Waals surface area contributed by atoms with Crippen molar-refractivity contribution in [1.82, 2.24) is 25.0 Å². The van der Waals surface area contributed by atoms with Gasteiger partial charge in [-0.2, -0.15) is 0 Å². The van der Waals surface area contributed by atoms with E-state index in [4.69, 9.17) is 9.73 Å². The largest absolute Gasteiger partial charge is 0.497 e. The van der Waals surface area contributed by atoms with Crippen molar-refractivity contribution in [2.75, 3.05) is 20.2 Å². The lowest BCUT2D eigenvalue weighted by Crippen LogP contribution is -2.40. The molecule has 1 aromatic heterocycles. The van der Waals surface area contributed by atoms with Crippen molar-refractivity contribution in [2.24, 2.45) is 18.0 Å². The number of guanidine groups is 1. The molecule has 1 aliphatic heterocycles. The van der Waals surface area contributed by atoms with Gasteiger partial charge in [-0.15, -0.1) is 10.2 Å². The van der Waals surface area contributed by atoms with E-state index in [2.05, 4.69) is 62.9 Å². The summed E-state index contributed by atoms with van der Waals surface area (Å²) in [4.78, 5) is 7.33. The summed E-state index contributed by atoms with van der Waals surface area (Å²) >= 11 is 0. The molecule has 0 amide bonds. The first-order valence-electron chi connectivity index (χ1n) is 11.2. The summed E-state index contributed by atoms with van der Waals surface area (Å²) in [5.74, 6) is 4.22. The number of methoxy groups -OCH3 is 1. The van der Waals surface area contributed by atoms with Crippen LogP contribution in [0, 0.1) is 12.8 Å². The van der Waals surface area contributed by atoms with E-state index in [0.717, 1.165) is 48.4 Å². The van der Waals surface area contributed by atoms with Gasteiger partial charge in [-0.25, -0.2) is 4.99 Å². The Bertz CT molecular complexity index is 1030. The van der Waals surface area contributed by atoms with Crippen LogP contribution in [0.3, 0.4) is 0 Å². The molecule has 4 rings (SSSR count). The number of ether oxygens (including phenoxy) is 1. The highest BCUT2D eigenvalue weighted by Gasteiger charge is 2.25. The number of rotatable bonds is 7. The van der Waals surface area contributed by atoms with Crippen LogP contribution in [0.5, 0.6) is 5.75 Å². The second-order valence-electron chi connectivity index (χ2n) is 8.35. The second kappa shape index (κ2) is 10.3. The molecule has 3 aromatic rings. The highest BCUT2D eigenvalue weighted by atomic mass is 16.5. The summed E-state index contributed by atoms with van der Waals surface area (Å²) in [6, 6.07) is 18.8. The van der Waals surface area contributed by atoms with E-state index in [1.807, 2.05) is 30.7 Å². The molecular weight excluding hydrogens is 400 g/mol. The maximum atomic E-state index is 5.27. The number of nitrogens with one attached hydrogen (secondary N) is 1. The maximum absolute atomic E-state index is 5.27. The van der Waals surface area contributed by atoms with Crippen LogP contribution < -0.4 is 10.1 Å². The third kappa shape index (κ3) is 5.46. The first-order chi connectivity index (χ1) is 15.6. The molecule has 32 heavy (non-hydrogen) atoms. The van der Waals surface area contributed by atoms with Gasteiger partial charge in [0.1, 0.15) is 11.6 Å². The molecule has 1 unspecified atom stereocenters. The lowest BCUT2D eigenvalue weighted by Gasteiger charge is -2.22. The van der Waals surface area contributed by atoms with E-state index >= 15 is 0 Å². The van der Waals surface area contributed by atoms with Gasteiger partial charge in [0.2, 0.25) is 0 Å². The first-order valence-corrected chi connectivity index (χ1v) is 11.2. The molecule has 2 heterocycles. The summed E-state index contributed by atoms with van der Waals surface area (Å²) in [5, 5.41) is 12.0. The number of aromatic nitrogens is 3. The molecule has 168 valence electrons. The molecule has 0 bridgehead atoms. The maximum Gasteiger partial charge on any atom is 0.194 e. The van der Waals surface area contributed by atoms with Crippen LogP contribution in [0.25, 0.3) is 0 Å². The van der Waals surface area contributed by atoms with Gasteiger partial charge in [0.15, 0.2) is 11.8 Å². The van der Waals surface area contributed by atoms with Gasteiger partial charge in [0.25, 0.3) is 0 Å². The Morgan fingerprint density at radius 3 is 2.56 bits per heavy atom. The Morgan fingerprint density at radius 1 is 1.09 bits per heavy atom. The molecule has 7 heteroatoms. The Kier molecular flexibility index (Phi) is 7.04. The lowest BCUT2D eigenvalue weighted by molar-refractivity contribution is 0.414. The average molecular weight is 433 g/mol. The topological polar surface area (TPSA) is 67.6 Å². The van der Waals surface area contributed by atoms with E-state index < -0.39 is 0 Å². The number of likely N-dealkylation sites (tertiary alicyclic amines) is 1. The average Bonchev–Trinajstić information content (AvgIpc) is 3.41. The Morgan fingerprint density at radius 2 is 1.88 bits per heavy atom. The van der Waals surface area contributed by atoms with Crippen LogP contribution >= 0.6 is 0 Å². The summed E-state index contributed by atoms with van der Waals surface area (Å²) in [6.07, 6.45) is 2.27. The molecule has 0 radical (unpaired) electrons. The number of aryl methyl sites for hydroxylation is 1. The molecule has 0 saturated carbocycles. The third-order valence-corrected chi connectivity index (χ3v) is 6.11. The molecule has 1 saturated heterocycles. The molecular formula is C25H32N6O. The van der Waals surface area contributed by atoms with E-state index in [0.29, 0.717) is 19.0 Å². The highest BCUT2D eigenvalue weighted by molar-refractivity contribution is 5.80. The zero-order chi connectivity index (χ0) is 22.3. The Labute approximate surface area is 190 Å². The van der Waals surface area contributed by atoms with Gasteiger partial charge >= 0.3 is 0 Å². The fourth-order valence-corrected chi connectivity index (χ4v) is 4.07. The molecule has 0 aliphatic carbocycles. The third-order valence-electron chi connectivity index (χ3n) is 6.11. The second-order valence-corrected chi connectivity index (χ2v) is 8.35. The van der Waals surface area contributed by atoms with Crippen molar-refractivity contribution >= 4 is 5.96 Å². The molecule has 1 aliphatic rings. The number of hydrogen-bond acceptors (Lipinski definition) is 4. The SMILES string of the molecule is COc1ccc(CN=C(NCc2nnc(C)n2C)N2CCC(Cc3ccccc3)C2)cc1. The van der Waals surface area contributed by atoms with E-state index in [1.165, 1.54) is 12.0 Å². The van der Waals surface area contributed by atoms with Crippen molar-refractivity contribution < 1.29 is 4.74 Å².